The summed E-state index contributed by atoms with van der Waals surface area (Å²) in [4.78, 5) is 8.09. The summed E-state index contributed by atoms with van der Waals surface area (Å²) in [6.07, 6.45) is 2.87. The highest BCUT2D eigenvalue weighted by Crippen LogP contribution is 2.37. The van der Waals surface area contributed by atoms with Gasteiger partial charge in [-0.3, -0.25) is 4.57 Å². The van der Waals surface area contributed by atoms with E-state index in [9.17, 15) is 13.5 Å². The number of halogens is 1. The predicted molar refractivity (Wildman–Crippen MR) is 134 cm³/mol. The SMILES string of the molecule is COc1cccc(OC)c1-n1c(CS(=O)(=O)C[C@@](C)(O)c2ncc(Br)cn2)nnc1-c1ccc(C)o1. The lowest BCUT2D eigenvalue weighted by Crippen LogP contribution is -2.34. The number of para-hydroxylation sites is 1. The van der Waals surface area contributed by atoms with Crippen LogP contribution in [0, 0.1) is 6.92 Å². The Balaban J connectivity index is 1.80. The molecular formula is C23H24BrN5O6S. The molecule has 4 rings (SSSR count). The Morgan fingerprint density at radius 2 is 1.72 bits per heavy atom. The lowest BCUT2D eigenvalue weighted by atomic mass is 10.1. The highest BCUT2D eigenvalue weighted by Gasteiger charge is 2.35. The zero-order valence-electron chi connectivity index (χ0n) is 20.0. The van der Waals surface area contributed by atoms with Gasteiger partial charge in [0, 0.05) is 12.4 Å². The van der Waals surface area contributed by atoms with E-state index in [2.05, 4.69) is 36.1 Å². The van der Waals surface area contributed by atoms with Crippen LogP contribution in [0.1, 0.15) is 24.3 Å². The van der Waals surface area contributed by atoms with E-state index >= 15 is 0 Å². The van der Waals surface area contributed by atoms with Crippen LogP contribution in [0.15, 0.2) is 51.6 Å². The molecule has 0 aliphatic carbocycles. The molecule has 4 aromatic rings. The summed E-state index contributed by atoms with van der Waals surface area (Å²) in [5.41, 5.74) is -1.43. The van der Waals surface area contributed by atoms with Gasteiger partial charge in [0.25, 0.3) is 0 Å². The van der Waals surface area contributed by atoms with E-state index < -0.39 is 26.9 Å². The molecule has 0 spiro atoms. The van der Waals surface area contributed by atoms with Crippen molar-refractivity contribution in [2.24, 2.45) is 0 Å². The Morgan fingerprint density at radius 3 is 2.28 bits per heavy atom. The summed E-state index contributed by atoms with van der Waals surface area (Å²) in [5.74, 6) is 0.973. The second kappa shape index (κ2) is 9.99. The van der Waals surface area contributed by atoms with Gasteiger partial charge < -0.3 is 19.0 Å². The molecule has 0 fully saturated rings. The molecule has 3 heterocycles. The van der Waals surface area contributed by atoms with Crippen molar-refractivity contribution in [3.63, 3.8) is 0 Å². The van der Waals surface area contributed by atoms with Gasteiger partial charge in [-0.15, -0.1) is 10.2 Å². The molecule has 1 atom stereocenters. The Kier molecular flexibility index (Phi) is 7.16. The van der Waals surface area contributed by atoms with E-state index in [4.69, 9.17) is 13.9 Å². The highest BCUT2D eigenvalue weighted by molar-refractivity contribution is 9.10. The quantitative estimate of drug-likeness (QED) is 0.315. The van der Waals surface area contributed by atoms with Gasteiger partial charge in [0.15, 0.2) is 27.2 Å². The van der Waals surface area contributed by atoms with Crippen LogP contribution in [0.3, 0.4) is 0 Å². The third-order valence-corrected chi connectivity index (χ3v) is 7.38. The van der Waals surface area contributed by atoms with Gasteiger partial charge in [-0.2, -0.15) is 0 Å². The van der Waals surface area contributed by atoms with Crippen molar-refractivity contribution in [1.29, 1.82) is 0 Å². The van der Waals surface area contributed by atoms with E-state index in [1.165, 1.54) is 38.1 Å². The minimum absolute atomic E-state index is 0.0195. The normalized spacial score (nSPS) is 13.4. The summed E-state index contributed by atoms with van der Waals surface area (Å²) in [6, 6.07) is 8.64. The molecule has 0 amide bonds. The first kappa shape index (κ1) is 25.8. The average molecular weight is 578 g/mol. The highest BCUT2D eigenvalue weighted by atomic mass is 79.9. The van der Waals surface area contributed by atoms with Crippen LogP contribution in [0.4, 0.5) is 0 Å². The van der Waals surface area contributed by atoms with Gasteiger partial charge in [0.2, 0.25) is 5.82 Å². The largest absolute Gasteiger partial charge is 0.494 e. The third-order valence-electron chi connectivity index (χ3n) is 5.27. The van der Waals surface area contributed by atoms with Crippen molar-refractivity contribution >= 4 is 25.8 Å². The van der Waals surface area contributed by atoms with Crippen LogP contribution in [-0.4, -0.2) is 58.2 Å². The molecule has 0 aliphatic heterocycles. The van der Waals surface area contributed by atoms with E-state index in [1.807, 2.05) is 0 Å². The van der Waals surface area contributed by atoms with Crippen molar-refractivity contribution in [3.05, 3.63) is 64.6 Å². The maximum atomic E-state index is 13.3. The standard InChI is InChI=1S/C23H24BrN5O6S/c1-14-8-9-18(35-14)21-28-27-19(29(21)20-16(33-3)6-5-7-17(20)34-4)12-36(31,32)13-23(2,30)22-25-10-15(24)11-26-22/h5-11,30H,12-13H2,1-4H3/t23-/m1/s1. The molecule has 0 saturated carbocycles. The van der Waals surface area contributed by atoms with Crippen LogP contribution >= 0.6 is 15.9 Å². The fourth-order valence-corrected chi connectivity index (χ4v) is 5.61. The molecule has 13 heteroatoms. The van der Waals surface area contributed by atoms with Gasteiger partial charge in [0.1, 0.15) is 34.3 Å². The van der Waals surface area contributed by atoms with E-state index in [-0.39, 0.29) is 17.5 Å². The predicted octanol–water partition coefficient (Wildman–Crippen LogP) is 3.23. The molecule has 1 N–H and O–H groups in total. The number of benzene rings is 1. The minimum atomic E-state index is -3.96. The number of aliphatic hydroxyl groups is 1. The lowest BCUT2D eigenvalue weighted by Gasteiger charge is -2.21. The van der Waals surface area contributed by atoms with Gasteiger partial charge in [0.05, 0.1) is 24.4 Å². The lowest BCUT2D eigenvalue weighted by molar-refractivity contribution is 0.0719. The monoisotopic (exact) mass is 577 g/mol. The van der Waals surface area contributed by atoms with Crippen molar-refractivity contribution < 1.29 is 27.4 Å². The Bertz CT molecular complexity index is 1460. The summed E-state index contributed by atoms with van der Waals surface area (Å²) in [7, 11) is -0.979. The Morgan fingerprint density at radius 1 is 1.08 bits per heavy atom. The second-order valence-corrected chi connectivity index (χ2v) is 11.2. The molecule has 0 saturated heterocycles. The fraction of sp³-hybridized carbons (Fsp3) is 0.304. The molecule has 190 valence electrons. The number of methoxy groups -OCH3 is 2. The van der Waals surface area contributed by atoms with Crippen LogP contribution in [-0.2, 0) is 21.2 Å². The molecular weight excluding hydrogens is 554 g/mol. The first-order valence-corrected chi connectivity index (χ1v) is 13.3. The number of ether oxygens (including phenoxy) is 2. The van der Waals surface area contributed by atoms with Crippen LogP contribution in [0.25, 0.3) is 17.3 Å². The summed E-state index contributed by atoms with van der Waals surface area (Å²) in [5, 5.41) is 19.3. The number of hydrogen-bond donors (Lipinski definition) is 1. The van der Waals surface area contributed by atoms with Gasteiger partial charge in [-0.1, -0.05) is 6.07 Å². The molecule has 36 heavy (non-hydrogen) atoms. The first-order valence-electron chi connectivity index (χ1n) is 10.7. The number of furan rings is 1. The zero-order chi connectivity index (χ0) is 26.1. The number of rotatable bonds is 9. The molecule has 0 radical (unpaired) electrons. The van der Waals surface area contributed by atoms with Gasteiger partial charge in [-0.05, 0) is 54.0 Å². The number of hydrogen-bond acceptors (Lipinski definition) is 10. The van der Waals surface area contributed by atoms with Crippen LogP contribution < -0.4 is 9.47 Å². The molecule has 0 aliphatic rings. The second-order valence-electron chi connectivity index (χ2n) is 8.23. The molecule has 3 aromatic heterocycles. The van der Waals surface area contributed by atoms with Crippen molar-refractivity contribution in [2.45, 2.75) is 25.2 Å². The molecule has 0 bridgehead atoms. The van der Waals surface area contributed by atoms with Crippen molar-refractivity contribution in [1.82, 2.24) is 24.7 Å². The number of sulfone groups is 1. The van der Waals surface area contributed by atoms with Crippen LogP contribution in [0.2, 0.25) is 0 Å². The van der Waals surface area contributed by atoms with Crippen molar-refractivity contribution in [3.8, 4) is 28.8 Å². The molecule has 11 nitrogen and oxygen atoms in total. The first-order chi connectivity index (χ1) is 17.0. The minimum Gasteiger partial charge on any atom is -0.494 e. The van der Waals surface area contributed by atoms with E-state index in [1.54, 1.807) is 37.3 Å². The smallest absolute Gasteiger partial charge is 0.204 e. The summed E-state index contributed by atoms with van der Waals surface area (Å²) >= 11 is 3.22. The maximum Gasteiger partial charge on any atom is 0.204 e. The molecule has 1 aromatic carbocycles. The van der Waals surface area contributed by atoms with E-state index in [0.29, 0.717) is 33.2 Å². The maximum absolute atomic E-state index is 13.3. The topological polar surface area (TPSA) is 142 Å². The average Bonchev–Trinajstić information content (AvgIpc) is 3.43. The van der Waals surface area contributed by atoms with Gasteiger partial charge >= 0.3 is 0 Å². The van der Waals surface area contributed by atoms with Crippen LogP contribution in [0.5, 0.6) is 11.5 Å². The van der Waals surface area contributed by atoms with Crippen molar-refractivity contribution in [2.75, 3.05) is 20.0 Å². The number of aryl methyl sites for hydroxylation is 1. The Hall–Kier alpha value is -3.29. The Labute approximate surface area is 216 Å². The number of nitrogens with zero attached hydrogens (tertiary/aromatic N) is 5. The summed E-state index contributed by atoms with van der Waals surface area (Å²) in [6.45, 7) is 3.13. The number of aromatic nitrogens is 5. The summed E-state index contributed by atoms with van der Waals surface area (Å²) < 4.78 is 45.6. The molecule has 0 unspecified atom stereocenters. The third kappa shape index (κ3) is 5.27. The zero-order valence-corrected chi connectivity index (χ0v) is 22.4. The van der Waals surface area contributed by atoms with E-state index in [0.717, 1.165) is 0 Å². The van der Waals surface area contributed by atoms with Gasteiger partial charge in [-0.25, -0.2) is 18.4 Å². The fourth-order valence-electron chi connectivity index (χ4n) is 3.74.